The molecule has 0 spiro atoms. The minimum absolute atomic E-state index is 0.122. The summed E-state index contributed by atoms with van der Waals surface area (Å²) in [4.78, 5) is 11.8. The molecule has 1 fully saturated rings. The molecular formula is C17H30N2O2. The van der Waals surface area contributed by atoms with Crippen LogP contribution in [-0.4, -0.2) is 30.3 Å². The normalized spacial score (nSPS) is 24.0. The van der Waals surface area contributed by atoms with Crippen LogP contribution >= 0.6 is 0 Å². The van der Waals surface area contributed by atoms with Crippen LogP contribution in [0.2, 0.25) is 0 Å². The smallest absolute Gasteiger partial charge is 0.407 e. The van der Waals surface area contributed by atoms with E-state index in [1.165, 1.54) is 12.8 Å². The van der Waals surface area contributed by atoms with Gasteiger partial charge in [0.05, 0.1) is 6.04 Å². The first-order chi connectivity index (χ1) is 9.85. The second-order valence-corrected chi connectivity index (χ2v) is 6.83. The fourth-order valence-electron chi connectivity index (χ4n) is 2.74. The third-order valence-corrected chi connectivity index (χ3v) is 3.84. The Morgan fingerprint density at radius 3 is 2.62 bits per heavy atom. The van der Waals surface area contributed by atoms with E-state index in [-0.39, 0.29) is 12.1 Å². The lowest BCUT2D eigenvalue weighted by Gasteiger charge is -2.34. The molecular weight excluding hydrogens is 264 g/mol. The third-order valence-electron chi connectivity index (χ3n) is 3.84. The molecule has 1 amide bonds. The van der Waals surface area contributed by atoms with Crippen molar-refractivity contribution >= 4 is 6.09 Å². The Morgan fingerprint density at radius 2 is 2.05 bits per heavy atom. The topological polar surface area (TPSA) is 50.4 Å². The van der Waals surface area contributed by atoms with Crippen LogP contribution in [0.15, 0.2) is 0 Å². The lowest BCUT2D eigenvalue weighted by atomic mass is 9.84. The van der Waals surface area contributed by atoms with Crippen LogP contribution in [0.4, 0.5) is 4.79 Å². The summed E-state index contributed by atoms with van der Waals surface area (Å²) in [6.07, 6.45) is 10.8. The van der Waals surface area contributed by atoms with Crippen molar-refractivity contribution in [1.29, 1.82) is 0 Å². The SMILES string of the molecule is C#CC(CC)NC1CCCCC1CNC(=O)OC(C)(C)C. The summed E-state index contributed by atoms with van der Waals surface area (Å²) in [5.74, 6) is 3.22. The van der Waals surface area contributed by atoms with E-state index in [1.54, 1.807) is 0 Å². The number of nitrogens with one attached hydrogen (secondary N) is 2. The Hall–Kier alpha value is -1.21. The van der Waals surface area contributed by atoms with Gasteiger partial charge in [0.2, 0.25) is 0 Å². The Morgan fingerprint density at radius 1 is 1.38 bits per heavy atom. The molecule has 0 aromatic heterocycles. The number of carbonyl (C=O) groups excluding carboxylic acids is 1. The molecule has 0 bridgehead atoms. The molecule has 0 heterocycles. The molecule has 1 aliphatic rings. The molecule has 0 aromatic carbocycles. The lowest BCUT2D eigenvalue weighted by molar-refractivity contribution is 0.0510. The van der Waals surface area contributed by atoms with Crippen molar-refractivity contribution in [3.63, 3.8) is 0 Å². The minimum atomic E-state index is -0.453. The molecule has 1 saturated carbocycles. The summed E-state index contributed by atoms with van der Waals surface area (Å²) in [5.41, 5.74) is -0.453. The highest BCUT2D eigenvalue weighted by Crippen LogP contribution is 2.24. The fourth-order valence-corrected chi connectivity index (χ4v) is 2.74. The van der Waals surface area contributed by atoms with Crippen LogP contribution in [0.1, 0.15) is 59.8 Å². The maximum Gasteiger partial charge on any atom is 0.407 e. The van der Waals surface area contributed by atoms with Gasteiger partial charge in [0.1, 0.15) is 5.60 Å². The number of terminal acetylenes is 1. The number of hydrogen-bond acceptors (Lipinski definition) is 3. The van der Waals surface area contributed by atoms with E-state index in [0.717, 1.165) is 19.3 Å². The molecule has 0 aliphatic heterocycles. The zero-order valence-electron chi connectivity index (χ0n) is 13.9. The second kappa shape index (κ2) is 8.29. The summed E-state index contributed by atoms with van der Waals surface area (Å²) >= 11 is 0. The summed E-state index contributed by atoms with van der Waals surface area (Å²) in [7, 11) is 0. The molecule has 120 valence electrons. The van der Waals surface area contributed by atoms with E-state index in [9.17, 15) is 4.79 Å². The van der Waals surface area contributed by atoms with Crippen LogP contribution in [0.3, 0.4) is 0 Å². The highest BCUT2D eigenvalue weighted by molar-refractivity contribution is 5.67. The van der Waals surface area contributed by atoms with Crippen molar-refractivity contribution in [2.45, 2.75) is 77.5 Å². The Labute approximate surface area is 129 Å². The van der Waals surface area contributed by atoms with Gasteiger partial charge < -0.3 is 15.4 Å². The molecule has 1 rings (SSSR count). The highest BCUT2D eigenvalue weighted by Gasteiger charge is 2.27. The quantitative estimate of drug-likeness (QED) is 0.766. The first kappa shape index (κ1) is 17.8. The van der Waals surface area contributed by atoms with Crippen LogP contribution in [-0.2, 0) is 4.74 Å². The van der Waals surface area contributed by atoms with E-state index in [1.807, 2.05) is 20.8 Å². The summed E-state index contributed by atoms with van der Waals surface area (Å²) < 4.78 is 5.28. The molecule has 4 heteroatoms. The molecule has 0 radical (unpaired) electrons. The third kappa shape index (κ3) is 6.86. The van der Waals surface area contributed by atoms with E-state index in [0.29, 0.717) is 18.5 Å². The first-order valence-corrected chi connectivity index (χ1v) is 8.04. The molecule has 3 unspecified atom stereocenters. The van der Waals surface area contributed by atoms with Gasteiger partial charge in [-0.3, -0.25) is 0 Å². The van der Waals surface area contributed by atoms with Crippen molar-refractivity contribution in [2.24, 2.45) is 5.92 Å². The van der Waals surface area contributed by atoms with Crippen LogP contribution in [0, 0.1) is 18.3 Å². The number of rotatable bonds is 5. The largest absolute Gasteiger partial charge is 0.444 e. The van der Waals surface area contributed by atoms with Gasteiger partial charge in [0, 0.05) is 12.6 Å². The van der Waals surface area contributed by atoms with Crippen molar-refractivity contribution in [3.05, 3.63) is 0 Å². The predicted octanol–water partition coefficient (Wildman–Crippen LogP) is 3.07. The molecule has 3 atom stereocenters. The lowest BCUT2D eigenvalue weighted by Crippen LogP contribution is -2.48. The number of hydrogen-bond donors (Lipinski definition) is 2. The Bertz CT molecular complexity index is 368. The number of alkyl carbamates (subject to hydrolysis) is 1. The average Bonchev–Trinajstić information content (AvgIpc) is 2.41. The maximum absolute atomic E-state index is 11.8. The number of carbonyl (C=O) groups is 1. The fraction of sp³-hybridized carbons (Fsp3) is 0.824. The van der Waals surface area contributed by atoms with E-state index < -0.39 is 5.60 Å². The monoisotopic (exact) mass is 294 g/mol. The average molecular weight is 294 g/mol. The van der Waals surface area contributed by atoms with Crippen molar-refractivity contribution in [2.75, 3.05) is 6.54 Å². The van der Waals surface area contributed by atoms with E-state index in [4.69, 9.17) is 11.2 Å². The Kier molecular flexibility index (Phi) is 7.04. The maximum atomic E-state index is 11.8. The van der Waals surface area contributed by atoms with Crippen LogP contribution < -0.4 is 10.6 Å². The van der Waals surface area contributed by atoms with E-state index in [2.05, 4.69) is 23.5 Å². The molecule has 0 aromatic rings. The number of amides is 1. The molecule has 2 N–H and O–H groups in total. The Balaban J connectivity index is 2.46. The summed E-state index contributed by atoms with van der Waals surface area (Å²) in [5, 5.41) is 6.44. The van der Waals surface area contributed by atoms with Crippen LogP contribution in [0.25, 0.3) is 0 Å². The predicted molar refractivity (Wildman–Crippen MR) is 86.0 cm³/mol. The van der Waals surface area contributed by atoms with Gasteiger partial charge in [0.15, 0.2) is 0 Å². The van der Waals surface area contributed by atoms with Crippen LogP contribution in [0.5, 0.6) is 0 Å². The van der Waals surface area contributed by atoms with Crippen molar-refractivity contribution < 1.29 is 9.53 Å². The second-order valence-electron chi connectivity index (χ2n) is 6.83. The van der Waals surface area contributed by atoms with E-state index >= 15 is 0 Å². The van der Waals surface area contributed by atoms with Gasteiger partial charge in [-0.05, 0) is 46.0 Å². The summed E-state index contributed by atoms with van der Waals surface area (Å²) in [6, 6.07) is 0.506. The van der Waals surface area contributed by atoms with Crippen molar-refractivity contribution in [1.82, 2.24) is 10.6 Å². The van der Waals surface area contributed by atoms with Crippen molar-refractivity contribution in [3.8, 4) is 12.3 Å². The first-order valence-electron chi connectivity index (χ1n) is 8.04. The standard InChI is InChI=1S/C17H30N2O2/c1-6-14(7-2)19-15-11-9-8-10-13(15)12-18-16(20)21-17(3,4)5/h1,13-15,19H,7-12H2,2-5H3,(H,18,20). The summed E-state index contributed by atoms with van der Waals surface area (Å²) in [6.45, 7) is 8.35. The van der Waals surface area contributed by atoms with Gasteiger partial charge in [-0.1, -0.05) is 25.7 Å². The molecule has 4 nitrogen and oxygen atoms in total. The zero-order valence-corrected chi connectivity index (χ0v) is 13.9. The molecule has 21 heavy (non-hydrogen) atoms. The van der Waals surface area contributed by atoms with Gasteiger partial charge >= 0.3 is 6.09 Å². The van der Waals surface area contributed by atoms with Gasteiger partial charge in [-0.15, -0.1) is 6.42 Å². The highest BCUT2D eigenvalue weighted by atomic mass is 16.6. The van der Waals surface area contributed by atoms with Gasteiger partial charge in [-0.25, -0.2) is 4.79 Å². The molecule has 1 aliphatic carbocycles. The van der Waals surface area contributed by atoms with Gasteiger partial charge in [-0.2, -0.15) is 0 Å². The molecule has 0 saturated heterocycles. The van der Waals surface area contributed by atoms with Gasteiger partial charge in [0.25, 0.3) is 0 Å². The minimum Gasteiger partial charge on any atom is -0.444 e. The number of ether oxygens (including phenoxy) is 1. The zero-order chi connectivity index (χ0) is 15.9.